The molecule has 2 saturated carbocycles. The minimum Gasteiger partial charge on any atom is -0.466 e. The first-order valence-electron chi connectivity index (χ1n) is 9.06. The Labute approximate surface area is 129 Å². The maximum absolute atomic E-state index is 11.8. The van der Waals surface area contributed by atoms with Gasteiger partial charge in [-0.15, -0.1) is 0 Å². The van der Waals surface area contributed by atoms with Crippen molar-refractivity contribution in [3.05, 3.63) is 0 Å². The van der Waals surface area contributed by atoms with Crippen LogP contribution in [0.1, 0.15) is 78.1 Å². The summed E-state index contributed by atoms with van der Waals surface area (Å²) in [6, 6.07) is 0. The fraction of sp³-hybridized carbons (Fsp3) is 0.944. The van der Waals surface area contributed by atoms with Crippen molar-refractivity contribution >= 4 is 5.97 Å². The molecule has 1 unspecified atom stereocenters. The lowest BCUT2D eigenvalue weighted by molar-refractivity contribution is -0.150. The summed E-state index contributed by atoms with van der Waals surface area (Å²) in [5.74, 6) is 0.785. The zero-order chi connectivity index (χ0) is 15.1. The standard InChI is InChI=1S/C18H32O3/c1-3-17(21-16-8-6-5-7-9-16)14-10-12-15(13-11-14)18(19)20-4-2/h14-17H,3-13H2,1-2H3. The first kappa shape index (κ1) is 16.8. The number of carbonyl (C=O) groups is 1. The van der Waals surface area contributed by atoms with Crippen LogP contribution < -0.4 is 0 Å². The Kier molecular flexibility index (Phi) is 7.01. The van der Waals surface area contributed by atoms with E-state index in [0.29, 0.717) is 24.7 Å². The van der Waals surface area contributed by atoms with E-state index in [1.807, 2.05) is 6.92 Å². The molecule has 0 bridgehead atoms. The topological polar surface area (TPSA) is 35.5 Å². The summed E-state index contributed by atoms with van der Waals surface area (Å²) in [5.41, 5.74) is 0. The Balaban J connectivity index is 1.77. The van der Waals surface area contributed by atoms with E-state index in [1.165, 1.54) is 32.1 Å². The van der Waals surface area contributed by atoms with Gasteiger partial charge in [0, 0.05) is 0 Å². The highest BCUT2D eigenvalue weighted by Gasteiger charge is 2.32. The van der Waals surface area contributed by atoms with Crippen LogP contribution in [0.15, 0.2) is 0 Å². The summed E-state index contributed by atoms with van der Waals surface area (Å²) in [7, 11) is 0. The maximum atomic E-state index is 11.8. The summed E-state index contributed by atoms with van der Waals surface area (Å²) < 4.78 is 11.6. The Morgan fingerprint density at radius 3 is 2.24 bits per heavy atom. The predicted octanol–water partition coefficient (Wildman–Crippen LogP) is 4.48. The van der Waals surface area contributed by atoms with Gasteiger partial charge in [-0.25, -0.2) is 0 Å². The van der Waals surface area contributed by atoms with E-state index < -0.39 is 0 Å². The van der Waals surface area contributed by atoms with Gasteiger partial charge in [-0.1, -0.05) is 26.2 Å². The number of ether oxygens (including phenoxy) is 2. The third-order valence-electron chi connectivity index (χ3n) is 5.24. The number of hydrogen-bond acceptors (Lipinski definition) is 3. The molecule has 0 spiro atoms. The van der Waals surface area contributed by atoms with Crippen LogP contribution in [0, 0.1) is 11.8 Å². The number of esters is 1. The lowest BCUT2D eigenvalue weighted by Gasteiger charge is -2.35. The van der Waals surface area contributed by atoms with Crippen molar-refractivity contribution in [1.29, 1.82) is 0 Å². The number of rotatable bonds is 6. The van der Waals surface area contributed by atoms with Gasteiger partial charge in [-0.2, -0.15) is 0 Å². The van der Waals surface area contributed by atoms with Crippen molar-refractivity contribution in [1.82, 2.24) is 0 Å². The molecule has 3 heteroatoms. The van der Waals surface area contributed by atoms with Crippen LogP contribution in [0.3, 0.4) is 0 Å². The molecule has 0 aromatic carbocycles. The second-order valence-corrected chi connectivity index (χ2v) is 6.71. The third kappa shape index (κ3) is 4.98. The van der Waals surface area contributed by atoms with Crippen molar-refractivity contribution in [3.8, 4) is 0 Å². The molecule has 0 aliphatic heterocycles. The van der Waals surface area contributed by atoms with Crippen LogP contribution in [0.2, 0.25) is 0 Å². The molecule has 1 atom stereocenters. The minimum atomic E-state index is 0.0113. The molecule has 0 heterocycles. The Hall–Kier alpha value is -0.570. The first-order valence-corrected chi connectivity index (χ1v) is 9.06. The molecular formula is C18H32O3. The molecule has 2 fully saturated rings. The smallest absolute Gasteiger partial charge is 0.308 e. The zero-order valence-electron chi connectivity index (χ0n) is 13.8. The summed E-state index contributed by atoms with van der Waals surface area (Å²) >= 11 is 0. The van der Waals surface area contributed by atoms with Crippen LogP contribution in [0.4, 0.5) is 0 Å². The van der Waals surface area contributed by atoms with Gasteiger partial charge in [0.1, 0.15) is 0 Å². The second kappa shape index (κ2) is 8.77. The van der Waals surface area contributed by atoms with E-state index in [9.17, 15) is 4.79 Å². The molecule has 122 valence electrons. The van der Waals surface area contributed by atoms with Crippen molar-refractivity contribution < 1.29 is 14.3 Å². The fourth-order valence-corrected chi connectivity index (χ4v) is 3.98. The van der Waals surface area contributed by atoms with Crippen LogP contribution in [0.5, 0.6) is 0 Å². The van der Waals surface area contributed by atoms with Gasteiger partial charge in [0.25, 0.3) is 0 Å². The SMILES string of the molecule is CCOC(=O)C1CCC(C(CC)OC2CCCCC2)CC1. The van der Waals surface area contributed by atoms with Crippen molar-refractivity contribution in [2.45, 2.75) is 90.3 Å². The highest BCUT2D eigenvalue weighted by molar-refractivity contribution is 5.72. The van der Waals surface area contributed by atoms with Crippen LogP contribution in [-0.2, 0) is 14.3 Å². The largest absolute Gasteiger partial charge is 0.466 e. The fourth-order valence-electron chi connectivity index (χ4n) is 3.98. The molecule has 2 rings (SSSR count). The van der Waals surface area contributed by atoms with Crippen molar-refractivity contribution in [3.63, 3.8) is 0 Å². The second-order valence-electron chi connectivity index (χ2n) is 6.71. The molecule has 0 aromatic heterocycles. The quantitative estimate of drug-likeness (QED) is 0.678. The van der Waals surface area contributed by atoms with Crippen molar-refractivity contribution in [2.75, 3.05) is 6.61 Å². The average molecular weight is 296 g/mol. The van der Waals surface area contributed by atoms with E-state index in [1.54, 1.807) is 0 Å². The average Bonchev–Trinajstić information content (AvgIpc) is 2.54. The highest BCUT2D eigenvalue weighted by Crippen LogP contribution is 2.35. The Morgan fingerprint density at radius 2 is 1.67 bits per heavy atom. The molecule has 0 amide bonds. The van der Waals surface area contributed by atoms with Crippen LogP contribution in [0.25, 0.3) is 0 Å². The summed E-state index contributed by atoms with van der Waals surface area (Å²) in [5, 5.41) is 0. The normalized spacial score (nSPS) is 29.0. The lowest BCUT2D eigenvalue weighted by Crippen LogP contribution is -2.34. The molecule has 3 nitrogen and oxygen atoms in total. The first-order chi connectivity index (χ1) is 10.2. The molecule has 0 N–H and O–H groups in total. The summed E-state index contributed by atoms with van der Waals surface area (Å²) in [6.07, 6.45) is 12.7. The van der Waals surface area contributed by atoms with E-state index in [2.05, 4.69) is 6.92 Å². The molecule has 0 radical (unpaired) electrons. The molecular weight excluding hydrogens is 264 g/mol. The minimum absolute atomic E-state index is 0.0113. The number of carbonyl (C=O) groups excluding carboxylic acids is 1. The van der Waals surface area contributed by atoms with Gasteiger partial charge in [0.05, 0.1) is 24.7 Å². The van der Waals surface area contributed by atoms with Gasteiger partial charge in [-0.05, 0) is 57.8 Å². The summed E-state index contributed by atoms with van der Waals surface area (Å²) in [4.78, 5) is 11.8. The van der Waals surface area contributed by atoms with Gasteiger partial charge in [0.2, 0.25) is 0 Å². The zero-order valence-corrected chi connectivity index (χ0v) is 13.8. The van der Waals surface area contributed by atoms with Gasteiger partial charge in [-0.3, -0.25) is 4.79 Å². The van der Waals surface area contributed by atoms with Gasteiger partial charge < -0.3 is 9.47 Å². The van der Waals surface area contributed by atoms with Crippen LogP contribution >= 0.6 is 0 Å². The maximum Gasteiger partial charge on any atom is 0.308 e. The molecule has 0 aromatic rings. The predicted molar refractivity (Wildman–Crippen MR) is 84.1 cm³/mol. The molecule has 2 aliphatic rings. The van der Waals surface area contributed by atoms with E-state index in [-0.39, 0.29) is 11.9 Å². The Bertz CT molecular complexity index is 302. The van der Waals surface area contributed by atoms with Crippen molar-refractivity contribution in [2.24, 2.45) is 11.8 Å². The summed E-state index contributed by atoms with van der Waals surface area (Å²) in [6.45, 7) is 4.63. The third-order valence-corrected chi connectivity index (χ3v) is 5.24. The van der Waals surface area contributed by atoms with Gasteiger partial charge >= 0.3 is 5.97 Å². The Morgan fingerprint density at radius 1 is 1.00 bits per heavy atom. The molecule has 2 aliphatic carbocycles. The highest BCUT2D eigenvalue weighted by atomic mass is 16.5. The van der Waals surface area contributed by atoms with Gasteiger partial charge in [0.15, 0.2) is 0 Å². The lowest BCUT2D eigenvalue weighted by atomic mass is 9.78. The molecule has 0 saturated heterocycles. The molecule has 21 heavy (non-hydrogen) atoms. The number of hydrogen-bond donors (Lipinski definition) is 0. The van der Waals surface area contributed by atoms with E-state index in [4.69, 9.17) is 9.47 Å². The van der Waals surface area contributed by atoms with E-state index >= 15 is 0 Å². The van der Waals surface area contributed by atoms with Crippen LogP contribution in [-0.4, -0.2) is 24.8 Å². The monoisotopic (exact) mass is 296 g/mol. The van der Waals surface area contributed by atoms with E-state index in [0.717, 1.165) is 32.1 Å².